The standard InChI is InChI=1S/C9H15N3O2/c1-2-3-5-14-6-4-12-7-9(8-13)10-11-12/h7-8H,2-6H2,1H3. The smallest absolute Gasteiger partial charge is 0.171 e. The molecule has 1 rings (SSSR count). The quantitative estimate of drug-likeness (QED) is 0.481. The van der Waals surface area contributed by atoms with Gasteiger partial charge in [0.05, 0.1) is 19.3 Å². The van der Waals surface area contributed by atoms with Crippen LogP contribution in [0.2, 0.25) is 0 Å². The Labute approximate surface area is 83.1 Å². The van der Waals surface area contributed by atoms with Crippen LogP contribution in [0.25, 0.3) is 0 Å². The summed E-state index contributed by atoms with van der Waals surface area (Å²) in [6.45, 7) is 4.16. The fraction of sp³-hybridized carbons (Fsp3) is 0.667. The molecule has 0 unspecified atom stereocenters. The van der Waals surface area contributed by atoms with E-state index in [1.807, 2.05) is 0 Å². The van der Waals surface area contributed by atoms with Gasteiger partial charge in [0.1, 0.15) is 5.69 Å². The lowest BCUT2D eigenvalue weighted by Crippen LogP contribution is -2.07. The van der Waals surface area contributed by atoms with E-state index < -0.39 is 0 Å². The van der Waals surface area contributed by atoms with Gasteiger partial charge in [-0.05, 0) is 6.42 Å². The van der Waals surface area contributed by atoms with Gasteiger partial charge in [-0.25, -0.2) is 4.68 Å². The van der Waals surface area contributed by atoms with Crippen LogP contribution in [-0.4, -0.2) is 34.5 Å². The highest BCUT2D eigenvalue weighted by molar-refractivity contribution is 5.70. The van der Waals surface area contributed by atoms with Crippen molar-refractivity contribution in [1.82, 2.24) is 15.0 Å². The van der Waals surface area contributed by atoms with Crippen molar-refractivity contribution in [2.45, 2.75) is 26.3 Å². The van der Waals surface area contributed by atoms with Crippen molar-refractivity contribution in [2.75, 3.05) is 13.2 Å². The molecule has 0 saturated heterocycles. The monoisotopic (exact) mass is 197 g/mol. The van der Waals surface area contributed by atoms with Crippen molar-refractivity contribution >= 4 is 6.29 Å². The van der Waals surface area contributed by atoms with Crippen LogP contribution >= 0.6 is 0 Å². The summed E-state index contributed by atoms with van der Waals surface area (Å²) in [6.07, 6.45) is 4.51. The number of hydrogen-bond acceptors (Lipinski definition) is 4. The second kappa shape index (κ2) is 6.26. The highest BCUT2D eigenvalue weighted by atomic mass is 16.5. The topological polar surface area (TPSA) is 57.0 Å². The number of aromatic nitrogens is 3. The second-order valence-corrected chi connectivity index (χ2v) is 2.99. The molecule has 0 aliphatic rings. The largest absolute Gasteiger partial charge is 0.380 e. The maximum atomic E-state index is 10.3. The molecule has 1 aromatic heterocycles. The Morgan fingerprint density at radius 3 is 3.07 bits per heavy atom. The fourth-order valence-electron chi connectivity index (χ4n) is 0.983. The zero-order chi connectivity index (χ0) is 10.2. The number of carbonyl (C=O) groups is 1. The van der Waals surface area contributed by atoms with E-state index >= 15 is 0 Å². The van der Waals surface area contributed by atoms with Gasteiger partial charge in [0.15, 0.2) is 6.29 Å². The Hall–Kier alpha value is -1.23. The summed E-state index contributed by atoms with van der Waals surface area (Å²) in [5.41, 5.74) is 0.360. The van der Waals surface area contributed by atoms with Gasteiger partial charge in [-0.2, -0.15) is 0 Å². The Balaban J connectivity index is 2.14. The van der Waals surface area contributed by atoms with Gasteiger partial charge in [0, 0.05) is 6.61 Å². The summed E-state index contributed by atoms with van der Waals surface area (Å²) >= 11 is 0. The first-order valence-corrected chi connectivity index (χ1v) is 4.80. The molecule has 0 spiro atoms. The van der Waals surface area contributed by atoms with E-state index in [-0.39, 0.29) is 0 Å². The van der Waals surface area contributed by atoms with Crippen LogP contribution in [0.3, 0.4) is 0 Å². The molecule has 0 amide bonds. The molecule has 0 N–H and O–H groups in total. The molecule has 0 aliphatic carbocycles. The number of rotatable bonds is 7. The minimum atomic E-state index is 0.360. The molecule has 0 aromatic carbocycles. The normalized spacial score (nSPS) is 10.4. The van der Waals surface area contributed by atoms with Crippen molar-refractivity contribution < 1.29 is 9.53 Å². The molecule has 14 heavy (non-hydrogen) atoms. The maximum absolute atomic E-state index is 10.3. The van der Waals surface area contributed by atoms with Crippen LogP contribution < -0.4 is 0 Å². The Morgan fingerprint density at radius 2 is 2.43 bits per heavy atom. The predicted octanol–water partition coefficient (Wildman–Crippen LogP) is 0.907. The van der Waals surface area contributed by atoms with E-state index in [1.54, 1.807) is 10.9 Å². The van der Waals surface area contributed by atoms with Crippen LogP contribution in [0.15, 0.2) is 6.20 Å². The average Bonchev–Trinajstić information content (AvgIpc) is 2.65. The third-order valence-electron chi connectivity index (χ3n) is 1.78. The lowest BCUT2D eigenvalue weighted by atomic mass is 10.4. The van der Waals surface area contributed by atoms with E-state index in [2.05, 4.69) is 17.2 Å². The molecule has 1 heterocycles. The molecular formula is C9H15N3O2. The molecule has 78 valence electrons. The van der Waals surface area contributed by atoms with Crippen molar-refractivity contribution in [1.29, 1.82) is 0 Å². The van der Waals surface area contributed by atoms with Gasteiger partial charge in [0.25, 0.3) is 0 Å². The second-order valence-electron chi connectivity index (χ2n) is 2.99. The van der Waals surface area contributed by atoms with E-state index in [4.69, 9.17) is 4.74 Å². The third kappa shape index (κ3) is 3.66. The zero-order valence-corrected chi connectivity index (χ0v) is 8.35. The highest BCUT2D eigenvalue weighted by Gasteiger charge is 1.97. The highest BCUT2D eigenvalue weighted by Crippen LogP contribution is 1.91. The fourth-order valence-corrected chi connectivity index (χ4v) is 0.983. The Bertz CT molecular complexity index is 273. The summed E-state index contributed by atoms with van der Waals surface area (Å²) in [5.74, 6) is 0. The molecule has 5 nitrogen and oxygen atoms in total. The SMILES string of the molecule is CCCCOCCn1cc(C=O)nn1. The number of hydrogen-bond donors (Lipinski definition) is 0. The summed E-state index contributed by atoms with van der Waals surface area (Å²) in [6, 6.07) is 0. The predicted molar refractivity (Wildman–Crippen MR) is 51.1 cm³/mol. The van der Waals surface area contributed by atoms with Crippen LogP contribution in [0.5, 0.6) is 0 Å². The van der Waals surface area contributed by atoms with Gasteiger partial charge in [0.2, 0.25) is 0 Å². The van der Waals surface area contributed by atoms with Crippen LogP contribution in [0.4, 0.5) is 0 Å². The lowest BCUT2D eigenvalue weighted by molar-refractivity contribution is 0.111. The van der Waals surface area contributed by atoms with Gasteiger partial charge in [-0.1, -0.05) is 18.6 Å². The minimum Gasteiger partial charge on any atom is -0.380 e. The average molecular weight is 197 g/mol. The third-order valence-corrected chi connectivity index (χ3v) is 1.78. The number of carbonyl (C=O) groups excluding carboxylic acids is 1. The summed E-state index contributed by atoms with van der Waals surface area (Å²) < 4.78 is 6.95. The summed E-state index contributed by atoms with van der Waals surface area (Å²) in [7, 11) is 0. The summed E-state index contributed by atoms with van der Waals surface area (Å²) in [5, 5.41) is 7.40. The number of aldehydes is 1. The number of nitrogens with zero attached hydrogens (tertiary/aromatic N) is 3. The first kappa shape index (κ1) is 10.8. The Kier molecular flexibility index (Phi) is 4.85. The van der Waals surface area contributed by atoms with Crippen molar-refractivity contribution in [3.05, 3.63) is 11.9 Å². The molecule has 0 aliphatic heterocycles. The molecule has 0 radical (unpaired) electrons. The van der Waals surface area contributed by atoms with Crippen molar-refractivity contribution in [3.8, 4) is 0 Å². The van der Waals surface area contributed by atoms with Crippen LogP contribution in [-0.2, 0) is 11.3 Å². The van der Waals surface area contributed by atoms with Crippen molar-refractivity contribution in [2.24, 2.45) is 0 Å². The molecule has 0 fully saturated rings. The molecular weight excluding hydrogens is 182 g/mol. The molecule has 0 saturated carbocycles. The molecule has 1 aromatic rings. The van der Waals surface area contributed by atoms with Crippen LogP contribution in [0, 0.1) is 0 Å². The maximum Gasteiger partial charge on any atom is 0.171 e. The zero-order valence-electron chi connectivity index (χ0n) is 8.35. The van der Waals surface area contributed by atoms with Gasteiger partial charge >= 0.3 is 0 Å². The van der Waals surface area contributed by atoms with E-state index in [0.717, 1.165) is 19.4 Å². The number of unbranched alkanes of at least 4 members (excludes halogenated alkanes) is 1. The minimum absolute atomic E-state index is 0.360. The van der Waals surface area contributed by atoms with E-state index in [1.165, 1.54) is 0 Å². The Morgan fingerprint density at radius 1 is 1.57 bits per heavy atom. The molecule has 5 heteroatoms. The van der Waals surface area contributed by atoms with E-state index in [0.29, 0.717) is 25.1 Å². The van der Waals surface area contributed by atoms with E-state index in [9.17, 15) is 4.79 Å². The van der Waals surface area contributed by atoms with Gasteiger partial charge in [-0.3, -0.25) is 4.79 Å². The van der Waals surface area contributed by atoms with Gasteiger partial charge in [-0.15, -0.1) is 5.10 Å². The van der Waals surface area contributed by atoms with Gasteiger partial charge < -0.3 is 4.74 Å². The molecule has 0 bridgehead atoms. The van der Waals surface area contributed by atoms with Crippen molar-refractivity contribution in [3.63, 3.8) is 0 Å². The van der Waals surface area contributed by atoms with Crippen LogP contribution in [0.1, 0.15) is 30.3 Å². The number of ether oxygens (including phenoxy) is 1. The first-order valence-electron chi connectivity index (χ1n) is 4.80. The lowest BCUT2D eigenvalue weighted by Gasteiger charge is -2.01. The molecule has 0 atom stereocenters. The first-order chi connectivity index (χ1) is 6.86. The summed E-state index contributed by atoms with van der Waals surface area (Å²) in [4.78, 5) is 10.3.